The van der Waals surface area contributed by atoms with E-state index >= 15 is 0 Å². The zero-order valence-corrected chi connectivity index (χ0v) is 11.3. The van der Waals surface area contributed by atoms with Crippen LogP contribution in [0.1, 0.15) is 58.3 Å². The van der Waals surface area contributed by atoms with Gasteiger partial charge in [-0.15, -0.1) is 0 Å². The highest BCUT2D eigenvalue weighted by Gasteiger charge is 2.41. The van der Waals surface area contributed by atoms with E-state index in [1.54, 1.807) is 0 Å². The van der Waals surface area contributed by atoms with E-state index < -0.39 is 0 Å². The molecule has 0 aromatic carbocycles. The molecule has 3 rings (SSSR count). The second-order valence-corrected chi connectivity index (χ2v) is 6.79. The van der Waals surface area contributed by atoms with Crippen LogP contribution in [0.2, 0.25) is 0 Å². The fraction of sp³-hybridized carbons (Fsp3) is 1.00. The largest absolute Gasteiger partial charge is 0.326 e. The van der Waals surface area contributed by atoms with Crippen LogP contribution in [-0.2, 0) is 0 Å². The van der Waals surface area contributed by atoms with Gasteiger partial charge in [-0.05, 0) is 56.9 Å². The zero-order valence-electron chi connectivity index (χ0n) is 11.3. The first-order valence-electron chi connectivity index (χ1n) is 7.77. The Kier molecular flexibility index (Phi) is 3.45. The standard InChI is InChI=1S/C15H28N2/c1-11-6-7-13(16)15(10-11)17-9-8-12-4-2-3-5-14(12)17/h11-15H,2-10,16H2,1H3. The van der Waals surface area contributed by atoms with Crippen molar-refractivity contribution in [1.29, 1.82) is 0 Å². The molecule has 0 bridgehead atoms. The van der Waals surface area contributed by atoms with Crippen LogP contribution in [0.5, 0.6) is 0 Å². The Morgan fingerprint density at radius 1 is 0.941 bits per heavy atom. The molecule has 0 amide bonds. The molecule has 1 heterocycles. The maximum atomic E-state index is 6.40. The Morgan fingerprint density at radius 2 is 1.76 bits per heavy atom. The molecule has 0 aromatic heterocycles. The second kappa shape index (κ2) is 4.89. The molecule has 5 unspecified atom stereocenters. The van der Waals surface area contributed by atoms with Crippen molar-refractivity contribution in [2.45, 2.75) is 76.4 Å². The summed E-state index contributed by atoms with van der Waals surface area (Å²) in [5.41, 5.74) is 6.40. The van der Waals surface area contributed by atoms with Crippen LogP contribution in [0, 0.1) is 11.8 Å². The number of hydrogen-bond acceptors (Lipinski definition) is 2. The molecule has 2 heteroatoms. The molecule has 0 aromatic rings. The number of nitrogens with two attached hydrogens (primary N) is 1. The predicted molar refractivity (Wildman–Crippen MR) is 71.8 cm³/mol. The fourth-order valence-corrected chi connectivity index (χ4v) is 4.61. The van der Waals surface area contributed by atoms with E-state index in [1.165, 1.54) is 57.9 Å². The summed E-state index contributed by atoms with van der Waals surface area (Å²) in [6.07, 6.45) is 11.3. The molecule has 98 valence electrons. The highest BCUT2D eigenvalue weighted by atomic mass is 15.2. The highest BCUT2D eigenvalue weighted by molar-refractivity contribution is 4.97. The molecule has 17 heavy (non-hydrogen) atoms. The molecule has 5 atom stereocenters. The lowest BCUT2D eigenvalue weighted by molar-refractivity contribution is 0.0791. The smallest absolute Gasteiger partial charge is 0.0252 e. The van der Waals surface area contributed by atoms with Crippen molar-refractivity contribution in [3.05, 3.63) is 0 Å². The van der Waals surface area contributed by atoms with Gasteiger partial charge in [0, 0.05) is 18.1 Å². The first-order chi connectivity index (χ1) is 8.25. The first-order valence-corrected chi connectivity index (χ1v) is 7.77. The van der Waals surface area contributed by atoms with Crippen LogP contribution in [0.25, 0.3) is 0 Å². The van der Waals surface area contributed by atoms with Crippen molar-refractivity contribution in [2.75, 3.05) is 6.54 Å². The average Bonchev–Trinajstić information content (AvgIpc) is 2.76. The predicted octanol–water partition coefficient (Wildman–Crippen LogP) is 2.77. The zero-order chi connectivity index (χ0) is 11.8. The van der Waals surface area contributed by atoms with Crippen molar-refractivity contribution < 1.29 is 0 Å². The van der Waals surface area contributed by atoms with Crippen LogP contribution in [0.4, 0.5) is 0 Å². The molecule has 1 aliphatic heterocycles. The van der Waals surface area contributed by atoms with Gasteiger partial charge in [-0.1, -0.05) is 19.8 Å². The van der Waals surface area contributed by atoms with Crippen LogP contribution < -0.4 is 5.73 Å². The molecule has 2 saturated carbocycles. The topological polar surface area (TPSA) is 29.3 Å². The summed E-state index contributed by atoms with van der Waals surface area (Å²) in [7, 11) is 0. The van der Waals surface area contributed by atoms with Gasteiger partial charge < -0.3 is 5.73 Å². The summed E-state index contributed by atoms with van der Waals surface area (Å²) in [6.45, 7) is 3.74. The molecule has 1 saturated heterocycles. The third-order valence-electron chi connectivity index (χ3n) is 5.61. The van der Waals surface area contributed by atoms with Gasteiger partial charge in [0.05, 0.1) is 0 Å². The van der Waals surface area contributed by atoms with Gasteiger partial charge in [0.15, 0.2) is 0 Å². The molecular weight excluding hydrogens is 208 g/mol. The molecule has 0 radical (unpaired) electrons. The number of nitrogens with zero attached hydrogens (tertiary/aromatic N) is 1. The van der Waals surface area contributed by atoms with E-state index in [1.807, 2.05) is 0 Å². The monoisotopic (exact) mass is 236 g/mol. The van der Waals surface area contributed by atoms with Crippen molar-refractivity contribution in [3.8, 4) is 0 Å². The minimum atomic E-state index is 0.451. The van der Waals surface area contributed by atoms with Gasteiger partial charge in [0.25, 0.3) is 0 Å². The maximum absolute atomic E-state index is 6.40. The fourth-order valence-electron chi connectivity index (χ4n) is 4.61. The molecule has 3 aliphatic rings. The Labute approximate surface area is 106 Å². The van der Waals surface area contributed by atoms with Crippen molar-refractivity contribution in [1.82, 2.24) is 4.90 Å². The van der Waals surface area contributed by atoms with E-state index in [-0.39, 0.29) is 0 Å². The maximum Gasteiger partial charge on any atom is 0.0252 e. The summed E-state index contributed by atoms with van der Waals surface area (Å²) in [5, 5.41) is 0. The van der Waals surface area contributed by atoms with E-state index in [9.17, 15) is 0 Å². The Hall–Kier alpha value is -0.0800. The van der Waals surface area contributed by atoms with Gasteiger partial charge >= 0.3 is 0 Å². The Morgan fingerprint density at radius 3 is 2.65 bits per heavy atom. The summed E-state index contributed by atoms with van der Waals surface area (Å²) >= 11 is 0. The lowest BCUT2D eigenvalue weighted by Crippen LogP contribution is -2.53. The third kappa shape index (κ3) is 2.26. The highest BCUT2D eigenvalue weighted by Crippen LogP contribution is 2.40. The first kappa shape index (κ1) is 12.0. The van der Waals surface area contributed by atoms with Crippen molar-refractivity contribution >= 4 is 0 Å². The number of hydrogen-bond donors (Lipinski definition) is 1. The van der Waals surface area contributed by atoms with Gasteiger partial charge in [0.1, 0.15) is 0 Å². The molecule has 0 spiro atoms. The van der Waals surface area contributed by atoms with Crippen LogP contribution in [0.15, 0.2) is 0 Å². The van der Waals surface area contributed by atoms with E-state index in [0.29, 0.717) is 12.1 Å². The summed E-state index contributed by atoms with van der Waals surface area (Å²) in [5.74, 6) is 1.90. The Bertz CT molecular complexity index is 266. The van der Waals surface area contributed by atoms with E-state index in [4.69, 9.17) is 5.73 Å². The average molecular weight is 236 g/mol. The van der Waals surface area contributed by atoms with Crippen LogP contribution in [-0.4, -0.2) is 29.6 Å². The van der Waals surface area contributed by atoms with Gasteiger partial charge in [-0.25, -0.2) is 0 Å². The lowest BCUT2D eigenvalue weighted by atomic mass is 9.80. The Balaban J connectivity index is 1.70. The number of likely N-dealkylation sites (tertiary alicyclic amines) is 1. The molecular formula is C15H28N2. The molecule has 3 fully saturated rings. The minimum absolute atomic E-state index is 0.451. The van der Waals surface area contributed by atoms with Gasteiger partial charge in [-0.2, -0.15) is 0 Å². The van der Waals surface area contributed by atoms with Crippen molar-refractivity contribution in [3.63, 3.8) is 0 Å². The van der Waals surface area contributed by atoms with Gasteiger partial charge in [0.2, 0.25) is 0 Å². The molecule has 2 N–H and O–H groups in total. The van der Waals surface area contributed by atoms with Crippen molar-refractivity contribution in [2.24, 2.45) is 17.6 Å². The van der Waals surface area contributed by atoms with Crippen LogP contribution in [0.3, 0.4) is 0 Å². The summed E-state index contributed by atoms with van der Waals surface area (Å²) < 4.78 is 0. The summed E-state index contributed by atoms with van der Waals surface area (Å²) in [4.78, 5) is 2.82. The number of rotatable bonds is 1. The number of fused-ring (bicyclic) bond motifs is 1. The SMILES string of the molecule is CC1CCC(N)C(N2CCC3CCCCC32)C1. The summed E-state index contributed by atoms with van der Waals surface area (Å²) in [6, 6.07) is 2.05. The lowest BCUT2D eigenvalue weighted by Gasteiger charge is -2.43. The van der Waals surface area contributed by atoms with Gasteiger partial charge in [-0.3, -0.25) is 4.90 Å². The molecule has 2 aliphatic carbocycles. The van der Waals surface area contributed by atoms with E-state index in [2.05, 4.69) is 11.8 Å². The third-order valence-corrected chi connectivity index (χ3v) is 5.61. The second-order valence-electron chi connectivity index (χ2n) is 6.79. The molecule has 2 nitrogen and oxygen atoms in total. The quantitative estimate of drug-likeness (QED) is 0.758. The normalized spacial score (nSPS) is 48.0. The minimum Gasteiger partial charge on any atom is -0.326 e. The van der Waals surface area contributed by atoms with E-state index in [0.717, 1.165) is 17.9 Å². The van der Waals surface area contributed by atoms with Crippen LogP contribution >= 0.6 is 0 Å².